The van der Waals surface area contributed by atoms with Gasteiger partial charge in [-0.05, 0) is 32.9 Å². The molecule has 2 aromatic carbocycles. The molecule has 1 aliphatic carbocycles. The van der Waals surface area contributed by atoms with Gasteiger partial charge in [-0.25, -0.2) is 9.59 Å². The van der Waals surface area contributed by atoms with Crippen LogP contribution in [0.1, 0.15) is 60.4 Å². The number of hydrogen-bond acceptors (Lipinski definition) is 9. The molecule has 0 fully saturated rings. The lowest BCUT2D eigenvalue weighted by Crippen LogP contribution is -2.31. The van der Waals surface area contributed by atoms with Gasteiger partial charge in [-0.3, -0.25) is 9.59 Å². The van der Waals surface area contributed by atoms with Crippen molar-refractivity contribution in [1.82, 2.24) is 0 Å². The average molecular weight is 495 g/mol. The summed E-state index contributed by atoms with van der Waals surface area (Å²) in [6.45, 7) is 6.48. The quantitative estimate of drug-likeness (QED) is 0.341. The monoisotopic (exact) mass is 494 g/mol. The molecule has 0 heterocycles. The first kappa shape index (κ1) is 26.1. The van der Waals surface area contributed by atoms with Crippen molar-refractivity contribution in [3.8, 4) is 5.75 Å². The number of phenols is 1. The largest absolute Gasteiger partial charge is 0.507 e. The molecular formula is C26H26N2O8. The number of anilines is 1. The maximum atomic E-state index is 12.9. The molecule has 3 rings (SSSR count). The molecule has 36 heavy (non-hydrogen) atoms. The number of aromatic hydroxyl groups is 1. The smallest absolute Gasteiger partial charge is 0.435 e. The summed E-state index contributed by atoms with van der Waals surface area (Å²) in [6, 6.07) is 10.4. The van der Waals surface area contributed by atoms with Crippen molar-refractivity contribution < 1.29 is 38.5 Å². The lowest BCUT2D eigenvalue weighted by atomic mass is 9.88. The third-order valence-corrected chi connectivity index (χ3v) is 5.19. The van der Waals surface area contributed by atoms with Gasteiger partial charge in [-0.15, -0.1) is 0 Å². The Morgan fingerprint density at radius 2 is 1.64 bits per heavy atom. The molecule has 1 aliphatic rings. The second kappa shape index (κ2) is 11.3. The van der Waals surface area contributed by atoms with Crippen LogP contribution < -0.4 is 5.01 Å². The molecular weight excluding hydrogens is 468 g/mol. The van der Waals surface area contributed by atoms with Gasteiger partial charge in [0.05, 0.1) is 18.9 Å². The number of carbonyl (C=O) groups is 4. The minimum absolute atomic E-state index is 0.0225. The Labute approximate surface area is 207 Å². The summed E-state index contributed by atoms with van der Waals surface area (Å²) in [4.78, 5) is 50.1. The third kappa shape index (κ3) is 5.27. The van der Waals surface area contributed by atoms with Crippen molar-refractivity contribution in [3.05, 3.63) is 70.5 Å². The number of hydrogen-bond donors (Lipinski definition) is 1. The topological polar surface area (TPSA) is 132 Å². The highest BCUT2D eigenvalue weighted by molar-refractivity contribution is 6.28. The predicted octanol–water partition coefficient (Wildman–Crippen LogP) is 4.36. The number of rotatable bonds is 7. The maximum absolute atomic E-state index is 12.9. The van der Waals surface area contributed by atoms with Gasteiger partial charge < -0.3 is 19.3 Å². The van der Waals surface area contributed by atoms with Crippen LogP contribution >= 0.6 is 0 Å². The number of allylic oxidation sites excluding steroid dienone is 2. The molecule has 10 nitrogen and oxygen atoms in total. The van der Waals surface area contributed by atoms with E-state index in [9.17, 15) is 24.3 Å². The Morgan fingerprint density at radius 3 is 2.25 bits per heavy atom. The minimum Gasteiger partial charge on any atom is -0.507 e. The highest BCUT2D eigenvalue weighted by atomic mass is 16.6. The number of phenolic OH excluding ortho intramolecular Hbond substituents is 1. The number of benzene rings is 2. The number of Topliss-reactive ketones (excluding diaryl/α,β-unsaturated/α-hetero) is 1. The Balaban J connectivity index is 2.21. The van der Waals surface area contributed by atoms with E-state index in [0.717, 1.165) is 11.1 Å². The zero-order chi connectivity index (χ0) is 26.4. The van der Waals surface area contributed by atoms with E-state index in [1.165, 1.54) is 19.1 Å². The summed E-state index contributed by atoms with van der Waals surface area (Å²) in [5.41, 5.74) is 0.798. The number of ether oxygens (including phenoxy) is 3. The number of carbonyl (C=O) groups excluding carboxylic acids is 4. The highest BCUT2D eigenvalue weighted by Crippen LogP contribution is 2.31. The van der Waals surface area contributed by atoms with E-state index in [0.29, 0.717) is 11.1 Å². The molecule has 0 saturated heterocycles. The van der Waals surface area contributed by atoms with E-state index >= 15 is 0 Å². The summed E-state index contributed by atoms with van der Waals surface area (Å²) < 4.78 is 15.5. The SMILES string of the molecule is CCOC(=O)c1ccc(N(/N=C2\C(OC(=O)CC)=C(C)C(=O)c3ccccc32)C(=O)OCC)cc1O. The average Bonchev–Trinajstić information content (AvgIpc) is 2.87. The predicted molar refractivity (Wildman–Crippen MR) is 130 cm³/mol. The Kier molecular flexibility index (Phi) is 8.21. The Bertz CT molecular complexity index is 1280. The summed E-state index contributed by atoms with van der Waals surface area (Å²) >= 11 is 0. The van der Waals surface area contributed by atoms with Gasteiger partial charge in [0.25, 0.3) is 0 Å². The first-order chi connectivity index (χ1) is 17.2. The van der Waals surface area contributed by atoms with Crippen molar-refractivity contribution in [1.29, 1.82) is 0 Å². The van der Waals surface area contributed by atoms with E-state index in [4.69, 9.17) is 14.2 Å². The lowest BCUT2D eigenvalue weighted by molar-refractivity contribution is -0.138. The van der Waals surface area contributed by atoms with Gasteiger partial charge in [-0.2, -0.15) is 10.1 Å². The molecule has 2 aromatic rings. The summed E-state index contributed by atoms with van der Waals surface area (Å²) in [7, 11) is 0. The number of hydrazone groups is 1. The third-order valence-electron chi connectivity index (χ3n) is 5.19. The van der Waals surface area contributed by atoms with Gasteiger partial charge >= 0.3 is 18.0 Å². The lowest BCUT2D eigenvalue weighted by Gasteiger charge is -2.24. The van der Waals surface area contributed by atoms with Crippen molar-refractivity contribution in [2.75, 3.05) is 18.2 Å². The van der Waals surface area contributed by atoms with Crippen LogP contribution in [0.25, 0.3) is 0 Å². The van der Waals surface area contributed by atoms with Gasteiger partial charge in [-0.1, -0.05) is 31.2 Å². The van der Waals surface area contributed by atoms with E-state index in [1.807, 2.05) is 0 Å². The fourth-order valence-electron chi connectivity index (χ4n) is 3.42. The minimum atomic E-state index is -0.901. The van der Waals surface area contributed by atoms with E-state index in [1.54, 1.807) is 45.0 Å². The molecule has 0 aromatic heterocycles. The number of amides is 1. The molecule has 10 heteroatoms. The van der Waals surface area contributed by atoms with Gasteiger partial charge in [0.2, 0.25) is 0 Å². The standard InChI is InChI=1S/C26H26N2O8/c1-5-21(30)36-24-15(4)23(31)18-11-9-8-10-17(18)22(24)27-28(26(33)35-7-3)16-12-13-19(20(29)14-16)25(32)34-6-2/h8-14,29H,5-7H2,1-4H3/b27-22-. The first-order valence-corrected chi connectivity index (χ1v) is 11.3. The second-order valence-corrected chi connectivity index (χ2v) is 7.54. The zero-order valence-corrected chi connectivity index (χ0v) is 20.4. The van der Waals surface area contributed by atoms with E-state index in [-0.39, 0.29) is 53.7 Å². The number of ketones is 1. The van der Waals surface area contributed by atoms with Crippen molar-refractivity contribution >= 4 is 35.2 Å². The van der Waals surface area contributed by atoms with E-state index < -0.39 is 23.8 Å². The van der Waals surface area contributed by atoms with Crippen LogP contribution in [0.3, 0.4) is 0 Å². The fourth-order valence-corrected chi connectivity index (χ4v) is 3.42. The molecule has 0 atom stereocenters. The van der Waals surface area contributed by atoms with Crippen molar-refractivity contribution in [2.24, 2.45) is 5.10 Å². The summed E-state index contributed by atoms with van der Waals surface area (Å²) in [5, 5.41) is 15.7. The van der Waals surface area contributed by atoms with Gasteiger partial charge in [0, 0.05) is 29.2 Å². The molecule has 0 aliphatic heterocycles. The normalized spacial score (nSPS) is 13.8. The fraction of sp³-hybridized carbons (Fsp3) is 0.269. The van der Waals surface area contributed by atoms with Crippen LogP contribution in [0.5, 0.6) is 5.75 Å². The van der Waals surface area contributed by atoms with Crippen LogP contribution in [-0.2, 0) is 19.0 Å². The Morgan fingerprint density at radius 1 is 0.972 bits per heavy atom. The Hall–Kier alpha value is -4.47. The highest BCUT2D eigenvalue weighted by Gasteiger charge is 2.33. The number of fused-ring (bicyclic) bond motifs is 1. The first-order valence-electron chi connectivity index (χ1n) is 11.3. The molecule has 0 saturated carbocycles. The van der Waals surface area contributed by atoms with Crippen LogP contribution in [0, 0.1) is 0 Å². The number of esters is 2. The van der Waals surface area contributed by atoms with Crippen LogP contribution in [0.15, 0.2) is 58.9 Å². The van der Waals surface area contributed by atoms with Crippen molar-refractivity contribution in [2.45, 2.75) is 34.1 Å². The summed E-state index contributed by atoms with van der Waals surface area (Å²) in [6.07, 6.45) is -0.855. The molecule has 1 N–H and O–H groups in total. The van der Waals surface area contributed by atoms with Gasteiger partial charge in [0.1, 0.15) is 17.0 Å². The summed E-state index contributed by atoms with van der Waals surface area (Å²) in [5.74, 6) is -2.20. The zero-order valence-electron chi connectivity index (χ0n) is 20.4. The van der Waals surface area contributed by atoms with Crippen molar-refractivity contribution in [3.63, 3.8) is 0 Å². The molecule has 1 amide bonds. The molecule has 0 radical (unpaired) electrons. The molecule has 188 valence electrons. The van der Waals surface area contributed by atoms with E-state index in [2.05, 4.69) is 5.10 Å². The van der Waals surface area contributed by atoms with Crippen LogP contribution in [0.2, 0.25) is 0 Å². The molecule has 0 unspecified atom stereocenters. The number of nitrogens with zero attached hydrogens (tertiary/aromatic N) is 2. The molecule has 0 spiro atoms. The van der Waals surface area contributed by atoms with Crippen LogP contribution in [-0.4, -0.2) is 47.8 Å². The molecule has 0 bridgehead atoms. The second-order valence-electron chi connectivity index (χ2n) is 7.54. The van der Waals surface area contributed by atoms with Crippen LogP contribution in [0.4, 0.5) is 10.5 Å². The maximum Gasteiger partial charge on any atom is 0.435 e. The van der Waals surface area contributed by atoms with Gasteiger partial charge in [0.15, 0.2) is 11.5 Å².